The molecular weight excluding hydrogens is 276 g/mol. The van der Waals surface area contributed by atoms with Gasteiger partial charge in [-0.25, -0.2) is 0 Å². The summed E-state index contributed by atoms with van der Waals surface area (Å²) in [4.78, 5) is 0. The van der Waals surface area contributed by atoms with Crippen molar-refractivity contribution in [2.24, 2.45) is 0 Å². The maximum atomic E-state index is 8.79. The second-order valence-corrected chi connectivity index (χ2v) is 4.28. The lowest BCUT2D eigenvalue weighted by Gasteiger charge is -2.06. The predicted molar refractivity (Wildman–Crippen MR) is 67.0 cm³/mol. The molecule has 19 heavy (non-hydrogen) atoms. The van der Waals surface area contributed by atoms with Crippen LogP contribution < -0.4 is 11.9 Å². The molecule has 0 bridgehead atoms. The number of aliphatic hydroxyl groups is 2. The molecule has 0 aliphatic heterocycles. The van der Waals surface area contributed by atoms with Crippen LogP contribution in [0.25, 0.3) is 0 Å². The highest BCUT2D eigenvalue weighted by molar-refractivity contribution is 7.79. The summed E-state index contributed by atoms with van der Waals surface area (Å²) in [5, 5.41) is 17.5. The Balaban J connectivity index is 0. The van der Waals surface area contributed by atoms with Crippen molar-refractivity contribution in [3.8, 4) is 0 Å². The Hall–Kier alpha value is -1.07. The van der Waals surface area contributed by atoms with Gasteiger partial charge in [-0.05, 0) is 24.1 Å². The van der Waals surface area contributed by atoms with Crippen LogP contribution in [-0.4, -0.2) is 41.0 Å². The Morgan fingerprint density at radius 2 is 1.58 bits per heavy atom. The Bertz CT molecular complexity index is 455. The van der Waals surface area contributed by atoms with Gasteiger partial charge < -0.3 is 31.2 Å². The summed E-state index contributed by atoms with van der Waals surface area (Å²) in [6, 6.07) is 5.88. The van der Waals surface area contributed by atoms with Crippen molar-refractivity contribution in [2.45, 2.75) is 12.8 Å². The van der Waals surface area contributed by atoms with Crippen molar-refractivity contribution in [1.82, 2.24) is 6.15 Å². The molecule has 0 spiro atoms. The molecule has 0 aromatic heterocycles. The first kappa shape index (κ1) is 20.3. The minimum atomic E-state index is -5.17. The lowest BCUT2D eigenvalue weighted by molar-refractivity contribution is -0.255. The van der Waals surface area contributed by atoms with E-state index >= 15 is 0 Å². The zero-order chi connectivity index (χ0) is 14.2. The Kier molecular flexibility index (Phi) is 10.5. The standard InChI is InChI=1S/C10H15NO2.H3N.H2O4S/c11-10-2-1-8(3-5-12)7-9(10)4-6-13;;1-5(2,3)4/h1-2,7,12-13H,3-6,11H2;1H3;(H2,1,2,3,4). The van der Waals surface area contributed by atoms with Crippen LogP contribution >= 0.6 is 0 Å². The van der Waals surface area contributed by atoms with Crippen LogP contribution in [0.1, 0.15) is 11.1 Å². The number of hydrogen-bond donors (Lipinski definition) is 4. The number of hydrogen-bond acceptors (Lipinski definition) is 6. The fraction of sp³-hybridized carbons (Fsp3) is 0.400. The molecule has 0 atom stereocenters. The maximum Gasteiger partial charge on any atom is 0.131 e. The third-order valence-corrected chi connectivity index (χ3v) is 2.05. The van der Waals surface area contributed by atoms with E-state index in [1.165, 1.54) is 0 Å². The van der Waals surface area contributed by atoms with Gasteiger partial charge in [0.1, 0.15) is 5.69 Å². The monoisotopic (exact) mass is 296 g/mol. The first-order valence-electron chi connectivity index (χ1n) is 5.10. The van der Waals surface area contributed by atoms with E-state index in [0.29, 0.717) is 12.8 Å². The van der Waals surface area contributed by atoms with E-state index in [2.05, 4.69) is 5.73 Å². The summed E-state index contributed by atoms with van der Waals surface area (Å²) >= 11 is 0. The van der Waals surface area contributed by atoms with Crippen LogP contribution in [0, 0.1) is 0 Å². The van der Waals surface area contributed by atoms with Crippen LogP contribution in [0.3, 0.4) is 0 Å². The quantitative estimate of drug-likeness (QED) is 0.393. The molecule has 112 valence electrons. The third-order valence-electron chi connectivity index (χ3n) is 2.05. The lowest BCUT2D eigenvalue weighted by atomic mass is 10.0. The summed E-state index contributed by atoms with van der Waals surface area (Å²) in [7, 11) is -5.17. The molecule has 8 nitrogen and oxygen atoms in total. The molecule has 0 aliphatic carbocycles. The first-order valence-corrected chi connectivity index (χ1v) is 6.43. The Morgan fingerprint density at radius 3 is 2.00 bits per heavy atom. The molecule has 0 aliphatic rings. The van der Waals surface area contributed by atoms with E-state index in [9.17, 15) is 0 Å². The number of quaternary nitrogens is 2. The van der Waals surface area contributed by atoms with Crippen molar-refractivity contribution in [2.75, 3.05) is 13.2 Å². The zero-order valence-corrected chi connectivity index (χ0v) is 11.5. The molecular formula is C10H20N2O6S. The van der Waals surface area contributed by atoms with Crippen molar-refractivity contribution < 1.29 is 33.5 Å². The second kappa shape index (κ2) is 9.81. The van der Waals surface area contributed by atoms with E-state index < -0.39 is 10.4 Å². The van der Waals surface area contributed by atoms with Gasteiger partial charge in [0.25, 0.3) is 0 Å². The summed E-state index contributed by atoms with van der Waals surface area (Å²) < 4.78 is 34.1. The highest BCUT2D eigenvalue weighted by Gasteiger charge is 2.02. The summed E-state index contributed by atoms with van der Waals surface area (Å²) in [6.45, 7) is 0.306. The molecule has 0 saturated carbocycles. The van der Waals surface area contributed by atoms with Gasteiger partial charge in [0.2, 0.25) is 0 Å². The second-order valence-electron chi connectivity index (χ2n) is 3.46. The fourth-order valence-corrected chi connectivity index (χ4v) is 1.32. The zero-order valence-electron chi connectivity index (χ0n) is 10.7. The normalized spacial score (nSPS) is 10.2. The van der Waals surface area contributed by atoms with Gasteiger partial charge in [-0.15, -0.1) is 0 Å². The number of benzene rings is 1. The number of aliphatic hydroxyl groups excluding tert-OH is 2. The van der Waals surface area contributed by atoms with Crippen LogP contribution in [-0.2, 0) is 23.2 Å². The molecule has 1 rings (SSSR count). The van der Waals surface area contributed by atoms with Crippen molar-refractivity contribution in [1.29, 1.82) is 0 Å². The molecule has 0 fully saturated rings. The van der Waals surface area contributed by atoms with Gasteiger partial charge in [0, 0.05) is 35.6 Å². The minimum Gasteiger partial charge on any atom is -0.759 e. The van der Waals surface area contributed by atoms with Crippen LogP contribution in [0.2, 0.25) is 0 Å². The molecule has 1 aromatic carbocycles. The molecule has 9 heteroatoms. The topological polar surface area (TPSA) is 185 Å². The predicted octanol–water partition coefficient (Wildman–Crippen LogP) is -1.33. The van der Waals surface area contributed by atoms with Gasteiger partial charge in [0.05, 0.1) is 0 Å². The largest absolute Gasteiger partial charge is 0.759 e. The highest BCUT2D eigenvalue weighted by atomic mass is 32.3. The molecule has 9 N–H and O–H groups in total. The van der Waals surface area contributed by atoms with E-state index in [0.717, 1.165) is 16.8 Å². The summed E-state index contributed by atoms with van der Waals surface area (Å²) in [6.07, 6.45) is 1.30. The van der Waals surface area contributed by atoms with Gasteiger partial charge in [-0.3, -0.25) is 8.42 Å². The lowest BCUT2D eigenvalue weighted by Crippen LogP contribution is -2.41. The minimum absolute atomic E-state index is 0. The summed E-state index contributed by atoms with van der Waals surface area (Å²) in [5.74, 6) is 0. The van der Waals surface area contributed by atoms with Crippen LogP contribution in [0.15, 0.2) is 18.2 Å². The molecule has 0 saturated heterocycles. The third kappa shape index (κ3) is 11.7. The van der Waals surface area contributed by atoms with E-state index in [4.69, 9.17) is 27.7 Å². The summed E-state index contributed by atoms with van der Waals surface area (Å²) in [5.41, 5.74) is 6.98. The van der Waals surface area contributed by atoms with Crippen LogP contribution in [0.4, 0.5) is 5.69 Å². The van der Waals surface area contributed by atoms with E-state index in [1.807, 2.05) is 18.2 Å². The molecule has 0 amide bonds. The number of rotatable bonds is 4. The Morgan fingerprint density at radius 1 is 1.11 bits per heavy atom. The molecule has 0 unspecified atom stereocenters. The SMILES string of the molecule is O=S(=O)([O-])[O-].[NH3+]c1ccc(CCO)cc1CCO.[NH4+]. The van der Waals surface area contributed by atoms with Crippen molar-refractivity contribution in [3.63, 3.8) is 0 Å². The molecule has 0 radical (unpaired) electrons. The van der Waals surface area contributed by atoms with Gasteiger partial charge in [-0.1, -0.05) is 6.07 Å². The molecule has 1 aromatic rings. The first-order chi connectivity index (χ1) is 8.27. The van der Waals surface area contributed by atoms with E-state index in [1.54, 1.807) is 0 Å². The van der Waals surface area contributed by atoms with Crippen molar-refractivity contribution in [3.05, 3.63) is 29.3 Å². The molecule has 0 heterocycles. The maximum absolute atomic E-state index is 8.79. The highest BCUT2D eigenvalue weighted by Crippen LogP contribution is 2.13. The van der Waals surface area contributed by atoms with Crippen molar-refractivity contribution >= 4 is 16.1 Å². The van der Waals surface area contributed by atoms with Gasteiger partial charge >= 0.3 is 0 Å². The van der Waals surface area contributed by atoms with E-state index in [-0.39, 0.29) is 19.4 Å². The smallest absolute Gasteiger partial charge is 0.131 e. The van der Waals surface area contributed by atoms with Gasteiger partial charge in [0.15, 0.2) is 0 Å². The average Bonchev–Trinajstić information content (AvgIpc) is 2.21. The Labute approximate surface area is 112 Å². The van der Waals surface area contributed by atoms with Gasteiger partial charge in [-0.2, -0.15) is 0 Å². The fourth-order valence-electron chi connectivity index (χ4n) is 1.32. The average molecular weight is 296 g/mol. The van der Waals surface area contributed by atoms with Crippen LogP contribution in [0.5, 0.6) is 0 Å².